The van der Waals surface area contributed by atoms with Crippen molar-refractivity contribution in [2.75, 3.05) is 36.0 Å². The van der Waals surface area contributed by atoms with Crippen LogP contribution in [0, 0.1) is 27.7 Å². The number of pyridine rings is 2. The third-order valence-corrected chi connectivity index (χ3v) is 10.2. The van der Waals surface area contributed by atoms with Crippen molar-refractivity contribution >= 4 is 80.6 Å². The van der Waals surface area contributed by atoms with Crippen LogP contribution in [-0.4, -0.2) is 36.1 Å². The standard InChI is InChI=1S/C19H18Cl2N2O.C17H17Cl2IN2O/c1-3-14-4-5-16(15(20)12-14)24-17-6-9-22-19(18(17)21)23-10-7-13(2)8-11-23;1-11-5-8-22(9-6-11)17-16(19)15(4-7-21-17)23-14-3-2-12(20)10-13(14)18/h1,4-6,9,12-13H,7-8,10-11H2,2H3;2-4,7,10-11H,5-6,8-9H2,1H3. The molecule has 6 nitrogen and oxygen atoms in total. The maximum absolute atomic E-state index is 6.54. The van der Waals surface area contributed by atoms with E-state index in [0.29, 0.717) is 48.7 Å². The number of nitrogens with zero attached hydrogens (tertiary/aromatic N) is 4. The zero-order valence-electron chi connectivity index (χ0n) is 26.2. The molecule has 2 aromatic carbocycles. The first-order valence-corrected chi connectivity index (χ1v) is 18.1. The SMILES string of the molecule is C#Cc1ccc(Oc2ccnc(N3CCC(C)CC3)c2Cl)c(Cl)c1.CC1CCN(c2nccc(Oc3ccc(I)cc3Cl)c2Cl)CC1. The third kappa shape index (κ3) is 9.30. The number of hydrogen-bond acceptors (Lipinski definition) is 6. The second-order valence-corrected chi connectivity index (χ2v) is 14.6. The van der Waals surface area contributed by atoms with Crippen molar-refractivity contribution in [3.63, 3.8) is 0 Å². The molecule has 47 heavy (non-hydrogen) atoms. The zero-order valence-corrected chi connectivity index (χ0v) is 31.3. The van der Waals surface area contributed by atoms with E-state index in [1.54, 1.807) is 42.7 Å². The number of rotatable bonds is 6. The minimum absolute atomic E-state index is 0.451. The van der Waals surface area contributed by atoms with Crippen molar-refractivity contribution < 1.29 is 9.47 Å². The number of ether oxygens (including phenoxy) is 2. The molecule has 0 unspecified atom stereocenters. The molecule has 4 aromatic rings. The van der Waals surface area contributed by atoms with E-state index < -0.39 is 0 Å². The first kappa shape index (κ1) is 35.7. The topological polar surface area (TPSA) is 50.7 Å². The summed E-state index contributed by atoms with van der Waals surface area (Å²) in [6, 6.07) is 14.4. The molecular formula is C36H35Cl4IN4O2. The van der Waals surface area contributed by atoms with Crippen LogP contribution in [0.3, 0.4) is 0 Å². The Morgan fingerprint density at radius 2 is 1.13 bits per heavy atom. The van der Waals surface area contributed by atoms with Gasteiger partial charge in [0.15, 0.2) is 23.1 Å². The number of halogens is 5. The van der Waals surface area contributed by atoms with Crippen molar-refractivity contribution in [2.45, 2.75) is 39.5 Å². The van der Waals surface area contributed by atoms with Crippen LogP contribution in [0.5, 0.6) is 23.0 Å². The predicted molar refractivity (Wildman–Crippen MR) is 203 cm³/mol. The lowest BCUT2D eigenvalue weighted by Crippen LogP contribution is -2.33. The van der Waals surface area contributed by atoms with Gasteiger partial charge in [-0.15, -0.1) is 6.42 Å². The van der Waals surface area contributed by atoms with Gasteiger partial charge in [0, 0.05) is 59.8 Å². The van der Waals surface area contributed by atoms with Crippen molar-refractivity contribution in [3.05, 3.63) is 90.1 Å². The van der Waals surface area contributed by atoms with Gasteiger partial charge in [-0.05, 0) is 96.5 Å². The molecule has 2 aromatic heterocycles. The Morgan fingerprint density at radius 1 is 0.681 bits per heavy atom. The summed E-state index contributed by atoms with van der Waals surface area (Å²) in [6.45, 7) is 8.41. The van der Waals surface area contributed by atoms with Gasteiger partial charge in [0.05, 0.1) is 10.0 Å². The maximum Gasteiger partial charge on any atom is 0.151 e. The molecule has 4 heterocycles. The predicted octanol–water partition coefficient (Wildman–Crippen LogP) is 11.4. The molecule has 0 spiro atoms. The third-order valence-electron chi connectivity index (χ3n) is 8.27. The number of aromatic nitrogens is 2. The number of anilines is 2. The molecule has 0 bridgehead atoms. The van der Waals surface area contributed by atoms with Gasteiger partial charge in [-0.1, -0.05) is 66.2 Å². The summed E-state index contributed by atoms with van der Waals surface area (Å²) in [6.07, 6.45) is 13.4. The molecule has 0 N–H and O–H groups in total. The van der Waals surface area contributed by atoms with Gasteiger partial charge < -0.3 is 19.3 Å². The summed E-state index contributed by atoms with van der Waals surface area (Å²) < 4.78 is 12.9. The summed E-state index contributed by atoms with van der Waals surface area (Å²) in [4.78, 5) is 13.3. The van der Waals surface area contributed by atoms with Gasteiger partial charge in [0.25, 0.3) is 0 Å². The summed E-state index contributed by atoms with van der Waals surface area (Å²) >= 11 is 27.7. The summed E-state index contributed by atoms with van der Waals surface area (Å²) in [7, 11) is 0. The van der Waals surface area contributed by atoms with Crippen LogP contribution in [0.15, 0.2) is 60.9 Å². The Labute approximate surface area is 310 Å². The van der Waals surface area contributed by atoms with E-state index in [4.69, 9.17) is 62.3 Å². The summed E-state index contributed by atoms with van der Waals surface area (Å²) in [5.41, 5.74) is 0.705. The fraction of sp³-hybridized carbons (Fsp3) is 0.333. The van der Waals surface area contributed by atoms with E-state index in [9.17, 15) is 0 Å². The molecule has 246 valence electrons. The molecule has 0 aliphatic carbocycles. The Morgan fingerprint density at radius 3 is 1.55 bits per heavy atom. The number of hydrogen-bond donors (Lipinski definition) is 0. The maximum atomic E-state index is 6.54. The van der Waals surface area contributed by atoms with Crippen LogP contribution < -0.4 is 19.3 Å². The van der Waals surface area contributed by atoms with E-state index in [1.165, 1.54) is 0 Å². The van der Waals surface area contributed by atoms with Gasteiger partial charge in [0.2, 0.25) is 0 Å². The first-order valence-electron chi connectivity index (χ1n) is 15.5. The van der Waals surface area contributed by atoms with Gasteiger partial charge in [-0.2, -0.15) is 0 Å². The van der Waals surface area contributed by atoms with Crippen LogP contribution >= 0.6 is 69.0 Å². The van der Waals surface area contributed by atoms with Crippen LogP contribution in [0.1, 0.15) is 45.1 Å². The zero-order chi connectivity index (χ0) is 33.5. The quantitative estimate of drug-likeness (QED) is 0.143. The molecule has 0 atom stereocenters. The molecule has 2 aliphatic heterocycles. The second-order valence-electron chi connectivity index (χ2n) is 11.8. The van der Waals surface area contributed by atoms with Crippen LogP contribution in [-0.2, 0) is 0 Å². The highest BCUT2D eigenvalue weighted by atomic mass is 127. The minimum Gasteiger partial charge on any atom is -0.454 e. The Bertz CT molecular complexity index is 1740. The molecule has 6 rings (SSSR count). The minimum atomic E-state index is 0.451. The summed E-state index contributed by atoms with van der Waals surface area (Å²) in [5.74, 6) is 7.83. The van der Waals surface area contributed by atoms with Crippen molar-refractivity contribution in [2.24, 2.45) is 11.8 Å². The molecule has 2 aliphatic rings. The van der Waals surface area contributed by atoms with E-state index in [2.05, 4.69) is 62.1 Å². The van der Waals surface area contributed by atoms with Crippen LogP contribution in [0.2, 0.25) is 20.1 Å². The largest absolute Gasteiger partial charge is 0.454 e. The molecule has 2 fully saturated rings. The lowest BCUT2D eigenvalue weighted by Gasteiger charge is -2.31. The van der Waals surface area contributed by atoms with Crippen LogP contribution in [0.25, 0.3) is 0 Å². The van der Waals surface area contributed by atoms with E-state index in [-0.39, 0.29) is 0 Å². The normalized spacial score (nSPS) is 15.4. The molecule has 0 amide bonds. The average molecular weight is 824 g/mol. The second kappa shape index (κ2) is 16.7. The van der Waals surface area contributed by atoms with E-state index in [1.807, 2.05) is 18.2 Å². The molecule has 11 heteroatoms. The molecule has 0 radical (unpaired) electrons. The number of piperidine rings is 2. The average Bonchev–Trinajstić information content (AvgIpc) is 3.06. The summed E-state index contributed by atoms with van der Waals surface area (Å²) in [5, 5.41) is 2.06. The smallest absolute Gasteiger partial charge is 0.151 e. The van der Waals surface area contributed by atoms with Crippen LogP contribution in [0.4, 0.5) is 11.6 Å². The van der Waals surface area contributed by atoms with E-state index >= 15 is 0 Å². The fourth-order valence-corrected chi connectivity index (χ4v) is 6.99. The Kier molecular flexibility index (Phi) is 12.7. The Balaban J connectivity index is 0.000000185. The molecule has 0 saturated carbocycles. The van der Waals surface area contributed by atoms with Gasteiger partial charge in [0.1, 0.15) is 21.5 Å². The van der Waals surface area contributed by atoms with Gasteiger partial charge >= 0.3 is 0 Å². The highest BCUT2D eigenvalue weighted by Crippen LogP contribution is 2.40. The van der Waals surface area contributed by atoms with Crippen molar-refractivity contribution in [3.8, 4) is 35.3 Å². The molecular weight excluding hydrogens is 789 g/mol. The number of terminal acetylenes is 1. The van der Waals surface area contributed by atoms with Crippen molar-refractivity contribution in [1.82, 2.24) is 9.97 Å². The highest BCUT2D eigenvalue weighted by molar-refractivity contribution is 14.1. The van der Waals surface area contributed by atoms with Gasteiger partial charge in [-0.25, -0.2) is 9.97 Å². The number of benzene rings is 2. The first-order chi connectivity index (χ1) is 22.6. The lowest BCUT2D eigenvalue weighted by molar-refractivity contribution is 0.435. The van der Waals surface area contributed by atoms with Gasteiger partial charge in [-0.3, -0.25) is 0 Å². The monoisotopic (exact) mass is 822 g/mol. The molecule has 2 saturated heterocycles. The fourth-order valence-electron chi connectivity index (χ4n) is 5.34. The Hall–Kier alpha value is -2.61. The van der Waals surface area contributed by atoms with Crippen molar-refractivity contribution in [1.29, 1.82) is 0 Å². The lowest BCUT2D eigenvalue weighted by atomic mass is 9.99. The van der Waals surface area contributed by atoms with E-state index in [0.717, 1.165) is 78.9 Å². The highest BCUT2D eigenvalue weighted by Gasteiger charge is 2.23.